The molecule has 1 heterocycles. The van der Waals surface area contributed by atoms with E-state index in [1.165, 1.54) is 11.6 Å². The number of aliphatic hydroxyl groups is 1. The van der Waals surface area contributed by atoms with Gasteiger partial charge in [0.25, 0.3) is 0 Å². The third kappa shape index (κ3) is 3.08. The van der Waals surface area contributed by atoms with Gasteiger partial charge in [-0.05, 0) is 60.6 Å². The van der Waals surface area contributed by atoms with Crippen LogP contribution in [0, 0.1) is 22.7 Å². The highest BCUT2D eigenvalue weighted by atomic mass is 16.5. The molecule has 0 radical (unpaired) electrons. The van der Waals surface area contributed by atoms with E-state index in [1.54, 1.807) is 12.1 Å². The summed E-state index contributed by atoms with van der Waals surface area (Å²) in [5.41, 5.74) is 1.40. The molecule has 2 fully saturated rings. The molecule has 0 spiro atoms. The van der Waals surface area contributed by atoms with E-state index >= 15 is 0 Å². The van der Waals surface area contributed by atoms with Gasteiger partial charge in [0.05, 0.1) is 12.7 Å². The number of benzene rings is 1. The van der Waals surface area contributed by atoms with E-state index in [2.05, 4.69) is 27.4 Å². The molecule has 150 valence electrons. The first kappa shape index (κ1) is 19.3. The molecule has 4 nitrogen and oxygen atoms in total. The second-order valence-corrected chi connectivity index (χ2v) is 9.45. The second-order valence-electron chi connectivity index (χ2n) is 9.45. The Morgan fingerprint density at radius 2 is 1.96 bits per heavy atom. The first-order valence-corrected chi connectivity index (χ1v) is 10.2. The van der Waals surface area contributed by atoms with Crippen LogP contribution in [0.25, 0.3) is 11.0 Å². The van der Waals surface area contributed by atoms with Gasteiger partial charge in [0, 0.05) is 23.4 Å². The normalized spacial score (nSPS) is 32.1. The van der Waals surface area contributed by atoms with Gasteiger partial charge in [-0.15, -0.1) is 0 Å². The van der Waals surface area contributed by atoms with Crippen molar-refractivity contribution >= 4 is 11.0 Å². The first-order chi connectivity index (χ1) is 13.2. The summed E-state index contributed by atoms with van der Waals surface area (Å²) in [7, 11) is 0. The van der Waals surface area contributed by atoms with Gasteiger partial charge in [0.2, 0.25) is 0 Å². The third-order valence-corrected chi connectivity index (χ3v) is 7.56. The van der Waals surface area contributed by atoms with E-state index in [-0.39, 0.29) is 28.5 Å². The third-order valence-electron chi connectivity index (χ3n) is 7.56. The van der Waals surface area contributed by atoms with Crippen LogP contribution in [0.1, 0.15) is 46.5 Å². The summed E-state index contributed by atoms with van der Waals surface area (Å²) in [6, 6.07) is 8.80. The lowest BCUT2D eigenvalue weighted by Crippen LogP contribution is -2.55. The van der Waals surface area contributed by atoms with Crippen molar-refractivity contribution in [2.45, 2.75) is 52.6 Å². The van der Waals surface area contributed by atoms with Crippen LogP contribution >= 0.6 is 0 Å². The predicted molar refractivity (Wildman–Crippen MR) is 110 cm³/mol. The Bertz CT molecular complexity index is 956. The zero-order valence-electron chi connectivity index (χ0n) is 17.0. The molecule has 4 heteroatoms. The Kier molecular flexibility index (Phi) is 4.65. The zero-order chi connectivity index (χ0) is 20.1. The van der Waals surface area contributed by atoms with E-state index in [0.29, 0.717) is 23.9 Å². The number of aliphatic hydroxyl groups excluding tert-OH is 1. The molecule has 1 aromatic heterocycles. The van der Waals surface area contributed by atoms with Gasteiger partial charge < -0.3 is 14.3 Å². The fraction of sp³-hybridized carbons (Fsp3) is 0.542. The van der Waals surface area contributed by atoms with Crippen molar-refractivity contribution < 1.29 is 14.3 Å². The van der Waals surface area contributed by atoms with Crippen molar-refractivity contribution in [1.29, 1.82) is 0 Å². The number of rotatable bonds is 3. The molecule has 2 aliphatic carbocycles. The zero-order valence-corrected chi connectivity index (χ0v) is 17.0. The van der Waals surface area contributed by atoms with Crippen LogP contribution in [0.15, 0.2) is 51.7 Å². The van der Waals surface area contributed by atoms with E-state index in [4.69, 9.17) is 9.15 Å². The molecule has 4 atom stereocenters. The highest BCUT2D eigenvalue weighted by Gasteiger charge is 2.56. The molecular weight excluding hydrogens is 352 g/mol. The summed E-state index contributed by atoms with van der Waals surface area (Å²) in [6.45, 7) is 11.7. The van der Waals surface area contributed by atoms with Crippen molar-refractivity contribution in [3.8, 4) is 5.75 Å². The van der Waals surface area contributed by atoms with Gasteiger partial charge in [-0.2, -0.15) is 0 Å². The molecule has 0 aliphatic heterocycles. The van der Waals surface area contributed by atoms with Crippen molar-refractivity contribution in [2.75, 3.05) is 6.61 Å². The van der Waals surface area contributed by atoms with Crippen LogP contribution in [-0.4, -0.2) is 17.8 Å². The predicted octanol–water partition coefficient (Wildman–Crippen LogP) is 4.94. The molecule has 2 aliphatic rings. The number of hydrogen-bond donors (Lipinski definition) is 1. The Labute approximate surface area is 166 Å². The first-order valence-electron chi connectivity index (χ1n) is 10.2. The maximum Gasteiger partial charge on any atom is 0.336 e. The summed E-state index contributed by atoms with van der Waals surface area (Å²) in [5, 5.41) is 11.5. The van der Waals surface area contributed by atoms with E-state index < -0.39 is 0 Å². The van der Waals surface area contributed by atoms with Gasteiger partial charge >= 0.3 is 5.63 Å². The van der Waals surface area contributed by atoms with E-state index in [0.717, 1.165) is 31.1 Å². The van der Waals surface area contributed by atoms with Crippen LogP contribution in [0.3, 0.4) is 0 Å². The van der Waals surface area contributed by atoms with Crippen molar-refractivity contribution in [3.63, 3.8) is 0 Å². The standard InChI is InChI=1S/C24H30O4/c1-15-5-9-20-23(2,3)21(25)11-12-24(20,4)18(15)14-27-17-8-6-16-7-10-22(26)28-19(16)13-17/h6-8,10,13,18,20-21,25H,1,5,9,11-12,14H2,2-4H3/t18-,20-,21-,24-/m1/s1. The molecule has 0 saturated heterocycles. The average molecular weight is 383 g/mol. The molecular formula is C24H30O4. The molecule has 0 unspecified atom stereocenters. The second kappa shape index (κ2) is 6.77. The van der Waals surface area contributed by atoms with Crippen LogP contribution in [0.4, 0.5) is 0 Å². The Hall–Kier alpha value is -2.07. The molecule has 0 bridgehead atoms. The smallest absolute Gasteiger partial charge is 0.336 e. The highest BCUT2D eigenvalue weighted by molar-refractivity contribution is 5.77. The summed E-state index contributed by atoms with van der Waals surface area (Å²) in [6.07, 6.45) is 3.63. The molecule has 0 amide bonds. The van der Waals surface area contributed by atoms with Gasteiger partial charge in [0.15, 0.2) is 0 Å². The lowest BCUT2D eigenvalue weighted by molar-refractivity contribution is -0.128. The number of fused-ring (bicyclic) bond motifs is 2. The Morgan fingerprint density at radius 1 is 1.21 bits per heavy atom. The van der Waals surface area contributed by atoms with Gasteiger partial charge in [-0.1, -0.05) is 32.9 Å². The highest BCUT2D eigenvalue weighted by Crippen LogP contribution is 2.60. The minimum absolute atomic E-state index is 0.0709. The number of ether oxygens (including phenoxy) is 1. The topological polar surface area (TPSA) is 59.7 Å². The van der Waals surface area contributed by atoms with Crippen LogP contribution in [-0.2, 0) is 0 Å². The van der Waals surface area contributed by atoms with Crippen molar-refractivity contribution in [1.82, 2.24) is 0 Å². The van der Waals surface area contributed by atoms with E-state index in [9.17, 15) is 9.90 Å². The summed E-state index contributed by atoms with van der Waals surface area (Å²) < 4.78 is 11.5. The Morgan fingerprint density at radius 3 is 2.75 bits per heavy atom. The molecule has 2 saturated carbocycles. The quantitative estimate of drug-likeness (QED) is 0.603. The average Bonchev–Trinajstić information content (AvgIpc) is 2.64. The summed E-state index contributed by atoms with van der Waals surface area (Å²) in [4.78, 5) is 11.5. The van der Waals surface area contributed by atoms with Crippen molar-refractivity contribution in [3.05, 3.63) is 52.9 Å². The molecule has 1 aromatic carbocycles. The summed E-state index contributed by atoms with van der Waals surface area (Å²) in [5.74, 6) is 1.39. The lowest BCUT2D eigenvalue weighted by Gasteiger charge is -2.59. The molecule has 28 heavy (non-hydrogen) atoms. The SMILES string of the molecule is C=C1CC[C@@H]2C(C)(C)[C@H](O)CC[C@]2(C)[C@@H]1COc1ccc2ccc(=O)oc2c1. The van der Waals surface area contributed by atoms with Crippen LogP contribution in [0.5, 0.6) is 5.75 Å². The van der Waals surface area contributed by atoms with Gasteiger partial charge in [-0.3, -0.25) is 0 Å². The number of hydrogen-bond acceptors (Lipinski definition) is 4. The summed E-state index contributed by atoms with van der Waals surface area (Å²) >= 11 is 0. The van der Waals surface area contributed by atoms with Crippen LogP contribution in [0.2, 0.25) is 0 Å². The monoisotopic (exact) mass is 382 g/mol. The van der Waals surface area contributed by atoms with E-state index in [1.807, 2.05) is 12.1 Å². The Balaban J connectivity index is 1.58. The lowest BCUT2D eigenvalue weighted by atomic mass is 9.47. The minimum atomic E-state index is -0.358. The molecule has 4 rings (SSSR count). The van der Waals surface area contributed by atoms with Crippen LogP contribution < -0.4 is 10.4 Å². The van der Waals surface area contributed by atoms with Gasteiger partial charge in [-0.25, -0.2) is 4.79 Å². The van der Waals surface area contributed by atoms with Gasteiger partial charge in [0.1, 0.15) is 11.3 Å². The fourth-order valence-corrected chi connectivity index (χ4v) is 5.78. The largest absolute Gasteiger partial charge is 0.493 e. The fourth-order valence-electron chi connectivity index (χ4n) is 5.78. The minimum Gasteiger partial charge on any atom is -0.493 e. The maximum absolute atomic E-state index is 11.5. The van der Waals surface area contributed by atoms with Crippen molar-refractivity contribution in [2.24, 2.45) is 22.7 Å². The molecule has 2 aromatic rings. The molecule has 1 N–H and O–H groups in total. The maximum atomic E-state index is 11.5.